The zero-order chi connectivity index (χ0) is 14.7. The van der Waals surface area contributed by atoms with E-state index in [0.717, 1.165) is 11.3 Å². The van der Waals surface area contributed by atoms with Crippen molar-refractivity contribution in [2.24, 2.45) is 0 Å². The van der Waals surface area contributed by atoms with E-state index in [1.165, 1.54) is 12.1 Å². The number of phenols is 1. The van der Waals surface area contributed by atoms with E-state index in [4.69, 9.17) is 11.6 Å². The summed E-state index contributed by atoms with van der Waals surface area (Å²) in [5.41, 5.74) is 2.00. The molecule has 0 aliphatic rings. The van der Waals surface area contributed by atoms with E-state index < -0.39 is 0 Å². The second-order valence-corrected chi connectivity index (χ2v) is 5.29. The van der Waals surface area contributed by atoms with Crippen molar-refractivity contribution in [3.63, 3.8) is 0 Å². The molecule has 2 N–H and O–H groups in total. The van der Waals surface area contributed by atoms with Crippen LogP contribution in [0.25, 0.3) is 0 Å². The highest BCUT2D eigenvalue weighted by molar-refractivity contribution is 6.31. The first-order valence-corrected chi connectivity index (χ1v) is 6.75. The Balaban J connectivity index is 2.28. The van der Waals surface area contributed by atoms with Gasteiger partial charge in [-0.25, -0.2) is 0 Å². The number of carbonyl (C=O) groups excluding carboxylic acids is 1. The first-order chi connectivity index (χ1) is 9.49. The minimum Gasteiger partial charge on any atom is -0.507 e. The third-order valence-electron chi connectivity index (χ3n) is 3.04. The normalized spacial score (nSPS) is 10.6. The molecule has 1 amide bonds. The van der Waals surface area contributed by atoms with E-state index in [-0.39, 0.29) is 17.2 Å². The van der Waals surface area contributed by atoms with Gasteiger partial charge in [0.1, 0.15) is 5.75 Å². The number of aromatic hydroxyl groups is 1. The maximum absolute atomic E-state index is 12.2. The van der Waals surface area contributed by atoms with Gasteiger partial charge in [0.25, 0.3) is 5.91 Å². The summed E-state index contributed by atoms with van der Waals surface area (Å²) in [6.45, 7) is 4.12. The summed E-state index contributed by atoms with van der Waals surface area (Å²) in [4.78, 5) is 12.2. The fourth-order valence-electron chi connectivity index (χ4n) is 2.00. The van der Waals surface area contributed by atoms with E-state index in [2.05, 4.69) is 19.2 Å². The molecule has 0 radical (unpaired) electrons. The molecule has 0 atom stereocenters. The zero-order valence-corrected chi connectivity index (χ0v) is 12.1. The van der Waals surface area contributed by atoms with Gasteiger partial charge >= 0.3 is 0 Å². The first-order valence-electron chi connectivity index (χ1n) is 6.38. The Labute approximate surface area is 123 Å². The van der Waals surface area contributed by atoms with Gasteiger partial charge in [-0.1, -0.05) is 43.6 Å². The lowest BCUT2D eigenvalue weighted by atomic mass is 10.0. The summed E-state index contributed by atoms with van der Waals surface area (Å²) in [5, 5.41) is 13.0. The Bertz CT molecular complexity index is 638. The summed E-state index contributed by atoms with van der Waals surface area (Å²) < 4.78 is 0. The average molecular weight is 290 g/mol. The van der Waals surface area contributed by atoms with Crippen molar-refractivity contribution < 1.29 is 9.90 Å². The number of carbonyl (C=O) groups is 1. The molecule has 0 aliphatic carbocycles. The minimum absolute atomic E-state index is 0.128. The maximum atomic E-state index is 12.2. The van der Waals surface area contributed by atoms with Gasteiger partial charge in [-0.15, -0.1) is 0 Å². The Morgan fingerprint density at radius 3 is 2.55 bits per heavy atom. The van der Waals surface area contributed by atoms with Crippen LogP contribution in [0.5, 0.6) is 5.75 Å². The average Bonchev–Trinajstić information content (AvgIpc) is 2.38. The van der Waals surface area contributed by atoms with Crippen LogP contribution in [-0.2, 0) is 0 Å². The molecule has 2 aromatic carbocycles. The summed E-state index contributed by atoms with van der Waals surface area (Å²) in [6.07, 6.45) is 0. The lowest BCUT2D eigenvalue weighted by Crippen LogP contribution is -2.13. The van der Waals surface area contributed by atoms with E-state index in [1.54, 1.807) is 6.07 Å². The van der Waals surface area contributed by atoms with Crippen LogP contribution in [0.15, 0.2) is 42.5 Å². The Morgan fingerprint density at radius 2 is 1.90 bits per heavy atom. The van der Waals surface area contributed by atoms with E-state index >= 15 is 0 Å². The number of nitrogens with one attached hydrogen (secondary N) is 1. The smallest absolute Gasteiger partial charge is 0.259 e. The van der Waals surface area contributed by atoms with Crippen molar-refractivity contribution in [1.82, 2.24) is 0 Å². The molecule has 2 aromatic rings. The molecule has 0 unspecified atom stereocenters. The standard InChI is InChI=1S/C16H16ClNO2/c1-10(2)12-5-3-4-6-14(12)18-16(20)13-8-7-11(17)9-15(13)19/h3-10,19H,1-2H3,(H,18,20). The minimum atomic E-state index is -0.354. The number of halogens is 1. The molecule has 0 spiro atoms. The summed E-state index contributed by atoms with van der Waals surface area (Å²) in [6, 6.07) is 12.1. The predicted octanol–water partition coefficient (Wildman–Crippen LogP) is 4.42. The molecule has 20 heavy (non-hydrogen) atoms. The first kappa shape index (κ1) is 14.4. The Kier molecular flexibility index (Phi) is 4.30. The molecule has 104 valence electrons. The van der Waals surface area contributed by atoms with Crippen LogP contribution >= 0.6 is 11.6 Å². The second kappa shape index (κ2) is 5.97. The van der Waals surface area contributed by atoms with Gasteiger partial charge in [0.2, 0.25) is 0 Å². The van der Waals surface area contributed by atoms with Gasteiger partial charge in [-0.2, -0.15) is 0 Å². The maximum Gasteiger partial charge on any atom is 0.259 e. The number of hydrogen-bond donors (Lipinski definition) is 2. The van der Waals surface area contributed by atoms with Crippen molar-refractivity contribution in [3.05, 3.63) is 58.6 Å². The number of benzene rings is 2. The number of anilines is 1. The van der Waals surface area contributed by atoms with Crippen molar-refractivity contribution in [3.8, 4) is 5.75 Å². The van der Waals surface area contributed by atoms with Gasteiger partial charge in [-0.05, 0) is 35.7 Å². The topological polar surface area (TPSA) is 49.3 Å². The van der Waals surface area contributed by atoms with Crippen LogP contribution in [0.3, 0.4) is 0 Å². The molecule has 0 saturated carbocycles. The largest absolute Gasteiger partial charge is 0.507 e. The van der Waals surface area contributed by atoms with Gasteiger partial charge in [0.15, 0.2) is 0 Å². The van der Waals surface area contributed by atoms with Crippen LogP contribution in [-0.4, -0.2) is 11.0 Å². The number of amides is 1. The molecule has 3 nitrogen and oxygen atoms in total. The monoisotopic (exact) mass is 289 g/mol. The molecule has 4 heteroatoms. The molecular weight excluding hydrogens is 274 g/mol. The molecule has 0 fully saturated rings. The highest BCUT2D eigenvalue weighted by atomic mass is 35.5. The lowest BCUT2D eigenvalue weighted by molar-refractivity contribution is 0.102. The van der Waals surface area contributed by atoms with Crippen molar-refractivity contribution in [2.45, 2.75) is 19.8 Å². The molecule has 2 rings (SSSR count). The molecular formula is C16H16ClNO2. The predicted molar refractivity (Wildman–Crippen MR) is 81.6 cm³/mol. The fraction of sp³-hybridized carbons (Fsp3) is 0.188. The van der Waals surface area contributed by atoms with Gasteiger partial charge < -0.3 is 10.4 Å². The summed E-state index contributed by atoms with van der Waals surface area (Å²) >= 11 is 5.76. The Hall–Kier alpha value is -2.00. The Morgan fingerprint density at radius 1 is 1.20 bits per heavy atom. The van der Waals surface area contributed by atoms with Crippen molar-refractivity contribution in [2.75, 3.05) is 5.32 Å². The van der Waals surface area contributed by atoms with Crippen molar-refractivity contribution >= 4 is 23.2 Å². The second-order valence-electron chi connectivity index (χ2n) is 4.86. The van der Waals surface area contributed by atoms with Crippen LogP contribution in [0, 0.1) is 0 Å². The van der Waals surface area contributed by atoms with Crippen LogP contribution in [0.4, 0.5) is 5.69 Å². The van der Waals surface area contributed by atoms with Gasteiger partial charge in [-0.3, -0.25) is 4.79 Å². The molecule has 0 heterocycles. The quantitative estimate of drug-likeness (QED) is 0.878. The number of para-hydroxylation sites is 1. The van der Waals surface area contributed by atoms with Gasteiger partial charge in [0, 0.05) is 10.7 Å². The highest BCUT2D eigenvalue weighted by Crippen LogP contribution is 2.26. The number of phenolic OH excluding ortho intramolecular Hbond substituents is 1. The van der Waals surface area contributed by atoms with Crippen LogP contribution in [0.2, 0.25) is 5.02 Å². The van der Waals surface area contributed by atoms with Crippen LogP contribution in [0.1, 0.15) is 35.7 Å². The third-order valence-corrected chi connectivity index (χ3v) is 3.27. The lowest BCUT2D eigenvalue weighted by Gasteiger charge is -2.14. The molecule has 0 aromatic heterocycles. The SMILES string of the molecule is CC(C)c1ccccc1NC(=O)c1ccc(Cl)cc1O. The summed E-state index contributed by atoms with van der Waals surface area (Å²) in [7, 11) is 0. The van der Waals surface area contributed by atoms with E-state index in [9.17, 15) is 9.90 Å². The zero-order valence-electron chi connectivity index (χ0n) is 11.4. The number of rotatable bonds is 3. The van der Waals surface area contributed by atoms with Gasteiger partial charge in [0.05, 0.1) is 5.56 Å². The highest BCUT2D eigenvalue weighted by Gasteiger charge is 2.14. The fourth-order valence-corrected chi connectivity index (χ4v) is 2.17. The van der Waals surface area contributed by atoms with Crippen LogP contribution < -0.4 is 5.32 Å². The summed E-state index contributed by atoms with van der Waals surface area (Å²) in [5.74, 6) is -0.186. The van der Waals surface area contributed by atoms with Crippen molar-refractivity contribution in [1.29, 1.82) is 0 Å². The third kappa shape index (κ3) is 3.11. The molecule has 0 saturated heterocycles. The van der Waals surface area contributed by atoms with E-state index in [1.807, 2.05) is 24.3 Å². The van der Waals surface area contributed by atoms with E-state index in [0.29, 0.717) is 10.9 Å². The number of hydrogen-bond acceptors (Lipinski definition) is 2. The molecule has 0 bridgehead atoms. The molecule has 0 aliphatic heterocycles.